The van der Waals surface area contributed by atoms with Crippen LogP contribution in [-0.4, -0.2) is 30.6 Å². The van der Waals surface area contributed by atoms with Crippen LogP contribution in [-0.2, 0) is 5.41 Å². The summed E-state index contributed by atoms with van der Waals surface area (Å²) in [7, 11) is 0. The van der Waals surface area contributed by atoms with Crippen LogP contribution in [0.3, 0.4) is 0 Å². The number of nitrogens with two attached hydrogens (primary N) is 1. The Morgan fingerprint density at radius 1 is 1.19 bits per heavy atom. The van der Waals surface area contributed by atoms with Gasteiger partial charge < -0.3 is 10.6 Å². The van der Waals surface area contributed by atoms with Crippen LogP contribution in [0.25, 0.3) is 0 Å². The molecule has 1 aromatic rings. The Labute approximate surface area is 130 Å². The van der Waals surface area contributed by atoms with E-state index in [4.69, 9.17) is 5.73 Å². The lowest BCUT2D eigenvalue weighted by Crippen LogP contribution is -2.45. The fourth-order valence-electron chi connectivity index (χ4n) is 3.61. The van der Waals surface area contributed by atoms with Crippen LogP contribution < -0.4 is 5.73 Å². The summed E-state index contributed by atoms with van der Waals surface area (Å²) in [5.74, 6) is 0.472. The standard InChI is InChI=1S/C19H32N2/c1-5-21-13-7-6-8-18(21)17(14-20)15-9-11-16(12-10-15)19(2,3)4/h9-12,17-18H,5-8,13-14,20H2,1-4H3. The van der Waals surface area contributed by atoms with Crippen LogP contribution in [0.5, 0.6) is 0 Å². The number of likely N-dealkylation sites (N-methyl/N-ethyl adjacent to an activating group) is 1. The second kappa shape index (κ2) is 6.93. The molecule has 0 spiro atoms. The highest BCUT2D eigenvalue weighted by molar-refractivity contribution is 5.30. The third-order valence-electron chi connectivity index (χ3n) is 4.99. The number of benzene rings is 1. The van der Waals surface area contributed by atoms with Gasteiger partial charge in [-0.15, -0.1) is 0 Å². The van der Waals surface area contributed by atoms with Gasteiger partial charge in [0.15, 0.2) is 0 Å². The molecule has 2 heteroatoms. The van der Waals surface area contributed by atoms with Gasteiger partial charge in [-0.2, -0.15) is 0 Å². The van der Waals surface area contributed by atoms with Gasteiger partial charge in [0.1, 0.15) is 0 Å². The van der Waals surface area contributed by atoms with Crippen LogP contribution in [0.1, 0.15) is 64.0 Å². The van der Waals surface area contributed by atoms with Crippen LogP contribution in [0, 0.1) is 0 Å². The second-order valence-corrected chi connectivity index (χ2v) is 7.41. The van der Waals surface area contributed by atoms with E-state index in [0.717, 1.165) is 13.1 Å². The molecule has 21 heavy (non-hydrogen) atoms. The summed E-state index contributed by atoms with van der Waals surface area (Å²) in [6.45, 7) is 12.2. The van der Waals surface area contributed by atoms with Crippen molar-refractivity contribution in [1.82, 2.24) is 4.90 Å². The molecule has 2 atom stereocenters. The molecule has 118 valence electrons. The topological polar surface area (TPSA) is 29.3 Å². The molecule has 1 fully saturated rings. The molecule has 2 nitrogen and oxygen atoms in total. The monoisotopic (exact) mass is 288 g/mol. The molecule has 1 aliphatic heterocycles. The highest BCUT2D eigenvalue weighted by atomic mass is 15.2. The summed E-state index contributed by atoms with van der Waals surface area (Å²) in [6.07, 6.45) is 3.97. The first-order valence-electron chi connectivity index (χ1n) is 8.52. The minimum absolute atomic E-state index is 0.219. The lowest BCUT2D eigenvalue weighted by molar-refractivity contribution is 0.134. The van der Waals surface area contributed by atoms with Crippen LogP contribution in [0.2, 0.25) is 0 Å². The number of likely N-dealkylation sites (tertiary alicyclic amines) is 1. The van der Waals surface area contributed by atoms with E-state index in [1.807, 2.05) is 0 Å². The molecule has 1 saturated heterocycles. The Morgan fingerprint density at radius 2 is 1.86 bits per heavy atom. The largest absolute Gasteiger partial charge is 0.330 e. The van der Waals surface area contributed by atoms with E-state index >= 15 is 0 Å². The smallest absolute Gasteiger partial charge is 0.0176 e. The Balaban J connectivity index is 2.20. The van der Waals surface area contributed by atoms with E-state index in [1.54, 1.807) is 0 Å². The first-order valence-corrected chi connectivity index (χ1v) is 8.52. The van der Waals surface area contributed by atoms with Crippen LogP contribution in [0.4, 0.5) is 0 Å². The number of hydrogen-bond acceptors (Lipinski definition) is 2. The van der Waals surface area contributed by atoms with Gasteiger partial charge >= 0.3 is 0 Å². The highest BCUT2D eigenvalue weighted by Gasteiger charge is 2.29. The van der Waals surface area contributed by atoms with E-state index in [-0.39, 0.29) is 5.41 Å². The van der Waals surface area contributed by atoms with Crippen molar-refractivity contribution in [2.75, 3.05) is 19.6 Å². The number of piperidine rings is 1. The van der Waals surface area contributed by atoms with Gasteiger partial charge in [0.25, 0.3) is 0 Å². The molecule has 0 bridgehead atoms. The van der Waals surface area contributed by atoms with E-state index in [0.29, 0.717) is 12.0 Å². The van der Waals surface area contributed by atoms with Gasteiger partial charge in [-0.1, -0.05) is 58.4 Å². The zero-order valence-corrected chi connectivity index (χ0v) is 14.2. The third kappa shape index (κ3) is 3.87. The van der Waals surface area contributed by atoms with Gasteiger partial charge in [0, 0.05) is 18.5 Å². The van der Waals surface area contributed by atoms with Crippen molar-refractivity contribution in [2.45, 2.75) is 64.3 Å². The van der Waals surface area contributed by atoms with Crippen molar-refractivity contribution in [3.05, 3.63) is 35.4 Å². The quantitative estimate of drug-likeness (QED) is 0.910. The third-order valence-corrected chi connectivity index (χ3v) is 4.99. The average Bonchev–Trinajstić information content (AvgIpc) is 2.48. The molecule has 0 aliphatic carbocycles. The molecule has 0 saturated carbocycles. The van der Waals surface area contributed by atoms with E-state index in [2.05, 4.69) is 56.9 Å². The van der Waals surface area contributed by atoms with Crippen molar-refractivity contribution in [3.8, 4) is 0 Å². The predicted octanol–water partition coefficient (Wildman–Crippen LogP) is 3.90. The fraction of sp³-hybridized carbons (Fsp3) is 0.684. The Morgan fingerprint density at radius 3 is 2.38 bits per heavy atom. The van der Waals surface area contributed by atoms with E-state index in [1.165, 1.54) is 36.9 Å². The van der Waals surface area contributed by atoms with Crippen LogP contribution >= 0.6 is 0 Å². The Bertz CT molecular complexity index is 430. The molecule has 0 amide bonds. The number of nitrogens with zero attached hydrogens (tertiary/aromatic N) is 1. The van der Waals surface area contributed by atoms with Gasteiger partial charge in [0.2, 0.25) is 0 Å². The number of rotatable bonds is 4. The lowest BCUT2D eigenvalue weighted by atomic mass is 9.82. The van der Waals surface area contributed by atoms with E-state index in [9.17, 15) is 0 Å². The van der Waals surface area contributed by atoms with Gasteiger partial charge in [0.05, 0.1) is 0 Å². The molecule has 1 aromatic carbocycles. The SMILES string of the molecule is CCN1CCCCC1C(CN)c1ccc(C(C)(C)C)cc1. The predicted molar refractivity (Wildman–Crippen MR) is 91.8 cm³/mol. The summed E-state index contributed by atoms with van der Waals surface area (Å²) in [5, 5.41) is 0. The molecular formula is C19H32N2. The second-order valence-electron chi connectivity index (χ2n) is 7.41. The van der Waals surface area contributed by atoms with Crippen molar-refractivity contribution in [1.29, 1.82) is 0 Å². The number of hydrogen-bond donors (Lipinski definition) is 1. The summed E-state index contributed by atoms with van der Waals surface area (Å²) in [4.78, 5) is 2.62. The van der Waals surface area contributed by atoms with Gasteiger partial charge in [-0.05, 0) is 42.5 Å². The van der Waals surface area contributed by atoms with Crippen molar-refractivity contribution in [2.24, 2.45) is 5.73 Å². The zero-order chi connectivity index (χ0) is 15.5. The van der Waals surface area contributed by atoms with Crippen LogP contribution in [0.15, 0.2) is 24.3 Å². The van der Waals surface area contributed by atoms with Gasteiger partial charge in [-0.25, -0.2) is 0 Å². The first-order chi connectivity index (χ1) is 9.97. The minimum atomic E-state index is 0.219. The summed E-state index contributed by atoms with van der Waals surface area (Å²) in [6, 6.07) is 9.81. The molecule has 1 aliphatic rings. The highest BCUT2D eigenvalue weighted by Crippen LogP contribution is 2.31. The fourth-order valence-corrected chi connectivity index (χ4v) is 3.61. The Kier molecular flexibility index (Phi) is 5.45. The molecule has 0 radical (unpaired) electrons. The summed E-state index contributed by atoms with van der Waals surface area (Å²) < 4.78 is 0. The summed E-state index contributed by atoms with van der Waals surface area (Å²) >= 11 is 0. The normalized spacial score (nSPS) is 22.2. The molecule has 1 heterocycles. The first kappa shape index (κ1) is 16.5. The maximum atomic E-state index is 6.15. The molecule has 2 N–H and O–H groups in total. The average molecular weight is 288 g/mol. The molecule has 0 aromatic heterocycles. The van der Waals surface area contributed by atoms with Gasteiger partial charge in [-0.3, -0.25) is 0 Å². The molecular weight excluding hydrogens is 256 g/mol. The van der Waals surface area contributed by atoms with Crippen molar-refractivity contribution < 1.29 is 0 Å². The van der Waals surface area contributed by atoms with Crippen molar-refractivity contribution in [3.63, 3.8) is 0 Å². The summed E-state index contributed by atoms with van der Waals surface area (Å²) in [5.41, 5.74) is 9.18. The zero-order valence-electron chi connectivity index (χ0n) is 14.2. The maximum absolute atomic E-state index is 6.15. The molecule has 2 unspecified atom stereocenters. The minimum Gasteiger partial charge on any atom is -0.330 e. The maximum Gasteiger partial charge on any atom is 0.0176 e. The lowest BCUT2D eigenvalue weighted by Gasteiger charge is -2.40. The van der Waals surface area contributed by atoms with E-state index < -0.39 is 0 Å². The molecule has 2 rings (SSSR count). The Hall–Kier alpha value is -0.860. The van der Waals surface area contributed by atoms with Crippen molar-refractivity contribution >= 4 is 0 Å².